The summed E-state index contributed by atoms with van der Waals surface area (Å²) in [6.45, 7) is 12.1. The first kappa shape index (κ1) is 41.4. The molecule has 0 spiro atoms. The van der Waals surface area contributed by atoms with Crippen molar-refractivity contribution in [3.05, 3.63) is 76.1 Å². The van der Waals surface area contributed by atoms with E-state index in [-0.39, 0.29) is 29.7 Å². The van der Waals surface area contributed by atoms with Crippen molar-refractivity contribution in [2.24, 2.45) is 11.3 Å². The summed E-state index contributed by atoms with van der Waals surface area (Å²) in [6.07, 6.45) is -2.03. The zero-order valence-electron chi connectivity index (χ0n) is 31.1. The van der Waals surface area contributed by atoms with Gasteiger partial charge < -0.3 is 33.5 Å². The third kappa shape index (κ3) is 10.7. The number of rotatable bonds is 9. The summed E-state index contributed by atoms with van der Waals surface area (Å²) in [6, 6.07) is 8.97. The molecule has 13 nitrogen and oxygen atoms in total. The SMILES string of the molecule is CC(=O)O/C1=C(/C)[C@@H](OC(C)=O)C[C@H](OC(=O)/C=C/c2ccccc2)C(CO)=C[C@H](OC(C)=O)[C@@H]2C[C@H](OC(C)=O)C(C)=C([C@H]1OC(C)=O)C2(C)C. The molecule has 0 heterocycles. The number of fused-ring (bicyclic) bond motifs is 2. The summed E-state index contributed by atoms with van der Waals surface area (Å²) in [5.74, 6) is -5.29. The van der Waals surface area contributed by atoms with Crippen LogP contribution in [0.15, 0.2) is 70.5 Å². The van der Waals surface area contributed by atoms with Crippen LogP contribution in [-0.2, 0) is 57.2 Å². The van der Waals surface area contributed by atoms with E-state index >= 15 is 0 Å². The molecular formula is C39H48O13. The second-order valence-corrected chi connectivity index (χ2v) is 13.4. The second kappa shape index (κ2) is 17.9. The summed E-state index contributed by atoms with van der Waals surface area (Å²) < 4.78 is 35.0. The van der Waals surface area contributed by atoms with E-state index in [1.807, 2.05) is 19.9 Å². The standard InChI is InChI=1S/C39H48O13/c1-21-31(47-23(3)41)18-30-34(49-25(5)43)17-29(20-40)33(52-35(46)16-15-28-13-11-10-12-14-28)19-32(48-24(4)42)22(2)37(50-26(6)44)38(51-27(7)45)36(21)39(30,8)9/h10-17,30-34,38,40H,18-20H2,1-9H3/b16-15+,29-17?,37-22-/t30-,31-,32-,33-,34-,38+/m0/s1. The fraction of sp³-hybridized carbons (Fsp3) is 0.487. The Hall–Kier alpha value is -5.04. The van der Waals surface area contributed by atoms with Gasteiger partial charge in [0.1, 0.15) is 24.4 Å². The molecule has 1 N–H and O–H groups in total. The van der Waals surface area contributed by atoms with Crippen LogP contribution in [0.1, 0.15) is 80.7 Å². The van der Waals surface area contributed by atoms with Crippen LogP contribution in [0.5, 0.6) is 0 Å². The Morgan fingerprint density at radius 2 is 1.29 bits per heavy atom. The van der Waals surface area contributed by atoms with Crippen LogP contribution >= 0.6 is 0 Å². The van der Waals surface area contributed by atoms with E-state index in [0.717, 1.165) is 13.8 Å². The van der Waals surface area contributed by atoms with Crippen molar-refractivity contribution >= 4 is 41.9 Å². The lowest BCUT2D eigenvalue weighted by atomic mass is 9.60. The van der Waals surface area contributed by atoms with Gasteiger partial charge in [0.2, 0.25) is 0 Å². The van der Waals surface area contributed by atoms with E-state index in [4.69, 9.17) is 28.4 Å². The molecule has 13 heteroatoms. The highest BCUT2D eigenvalue weighted by Crippen LogP contribution is 2.52. The third-order valence-corrected chi connectivity index (χ3v) is 9.09. The molecule has 0 unspecified atom stereocenters. The van der Waals surface area contributed by atoms with Gasteiger partial charge in [0, 0.05) is 58.6 Å². The number of hydrogen-bond donors (Lipinski definition) is 1. The highest BCUT2D eigenvalue weighted by molar-refractivity contribution is 5.87. The average Bonchev–Trinajstić information content (AvgIpc) is 3.03. The van der Waals surface area contributed by atoms with Crippen molar-refractivity contribution < 1.29 is 62.3 Å². The first-order valence-corrected chi connectivity index (χ1v) is 16.9. The van der Waals surface area contributed by atoms with Crippen LogP contribution in [0.25, 0.3) is 6.08 Å². The van der Waals surface area contributed by atoms with Gasteiger partial charge in [-0.15, -0.1) is 0 Å². The number of carbonyl (C=O) groups is 6. The molecule has 282 valence electrons. The Bertz CT molecular complexity index is 1660. The number of hydrogen-bond acceptors (Lipinski definition) is 13. The molecule has 52 heavy (non-hydrogen) atoms. The molecule has 3 rings (SSSR count). The second-order valence-electron chi connectivity index (χ2n) is 13.4. The predicted octanol–water partition coefficient (Wildman–Crippen LogP) is 4.86. The molecule has 0 radical (unpaired) electrons. The average molecular weight is 725 g/mol. The number of aliphatic hydroxyl groups excluding tert-OH is 1. The highest BCUT2D eigenvalue weighted by atomic mass is 16.6. The fourth-order valence-electron chi connectivity index (χ4n) is 6.86. The van der Waals surface area contributed by atoms with Crippen molar-refractivity contribution in [1.29, 1.82) is 0 Å². The first-order valence-electron chi connectivity index (χ1n) is 16.9. The first-order chi connectivity index (χ1) is 24.3. The number of aliphatic hydroxyl groups is 1. The molecule has 0 saturated heterocycles. The van der Waals surface area contributed by atoms with Gasteiger partial charge in [-0.2, -0.15) is 0 Å². The van der Waals surface area contributed by atoms with Crippen LogP contribution in [0.3, 0.4) is 0 Å². The van der Waals surface area contributed by atoms with E-state index < -0.39 is 84.3 Å². The predicted molar refractivity (Wildman–Crippen MR) is 186 cm³/mol. The number of esters is 6. The number of carbonyl (C=O) groups excluding carboxylic acids is 6. The van der Waals surface area contributed by atoms with Crippen molar-refractivity contribution in [3.63, 3.8) is 0 Å². The molecular weight excluding hydrogens is 676 g/mol. The quantitative estimate of drug-likeness (QED) is 0.158. The molecule has 0 aliphatic heterocycles. The fourth-order valence-corrected chi connectivity index (χ4v) is 6.86. The van der Waals surface area contributed by atoms with E-state index in [1.54, 1.807) is 31.2 Å². The van der Waals surface area contributed by atoms with Gasteiger partial charge >= 0.3 is 35.8 Å². The minimum Gasteiger partial charge on any atom is -0.458 e. The van der Waals surface area contributed by atoms with Gasteiger partial charge in [0.25, 0.3) is 0 Å². The van der Waals surface area contributed by atoms with Crippen LogP contribution < -0.4 is 0 Å². The third-order valence-electron chi connectivity index (χ3n) is 9.09. The summed E-state index contributed by atoms with van der Waals surface area (Å²) in [4.78, 5) is 76.5. The maximum Gasteiger partial charge on any atom is 0.331 e. The van der Waals surface area contributed by atoms with Crippen LogP contribution in [0, 0.1) is 11.3 Å². The lowest BCUT2D eigenvalue weighted by Gasteiger charge is -2.48. The Morgan fingerprint density at radius 3 is 1.81 bits per heavy atom. The summed E-state index contributed by atoms with van der Waals surface area (Å²) in [7, 11) is 0. The summed E-state index contributed by atoms with van der Waals surface area (Å²) in [5.41, 5.74) is 0.751. The molecule has 0 amide bonds. The Morgan fingerprint density at radius 1 is 0.731 bits per heavy atom. The van der Waals surface area contributed by atoms with Crippen molar-refractivity contribution in [1.82, 2.24) is 0 Å². The molecule has 0 aromatic heterocycles. The van der Waals surface area contributed by atoms with Gasteiger partial charge in [-0.25, -0.2) is 4.79 Å². The van der Waals surface area contributed by atoms with Gasteiger partial charge in [0.05, 0.1) is 6.61 Å². The highest BCUT2D eigenvalue weighted by Gasteiger charge is 2.51. The Balaban J connectivity index is 2.45. The smallest absolute Gasteiger partial charge is 0.331 e. The maximum absolute atomic E-state index is 13.3. The van der Waals surface area contributed by atoms with Crippen molar-refractivity contribution in [2.45, 2.75) is 106 Å². The molecule has 2 bridgehead atoms. The molecule has 6 atom stereocenters. The monoisotopic (exact) mass is 724 g/mol. The molecule has 0 fully saturated rings. The van der Waals surface area contributed by atoms with E-state index in [1.165, 1.54) is 45.9 Å². The normalized spacial score (nSPS) is 26.2. The van der Waals surface area contributed by atoms with Crippen LogP contribution in [0.2, 0.25) is 0 Å². The molecule has 2 aliphatic rings. The Kier molecular flexibility index (Phi) is 14.3. The Labute approximate surface area is 303 Å². The molecule has 2 aliphatic carbocycles. The number of ether oxygens (including phenoxy) is 6. The molecule has 1 aromatic rings. The zero-order valence-corrected chi connectivity index (χ0v) is 31.1. The van der Waals surface area contributed by atoms with Gasteiger partial charge in [-0.3, -0.25) is 24.0 Å². The van der Waals surface area contributed by atoms with E-state index in [9.17, 15) is 33.9 Å². The summed E-state index contributed by atoms with van der Waals surface area (Å²) in [5, 5.41) is 10.8. The van der Waals surface area contributed by atoms with Gasteiger partial charge in [0.15, 0.2) is 11.9 Å². The van der Waals surface area contributed by atoms with E-state index in [2.05, 4.69) is 0 Å². The minimum absolute atomic E-state index is 0.108. The molecule has 1 aromatic carbocycles. The zero-order chi connectivity index (χ0) is 38.9. The lowest BCUT2D eigenvalue weighted by Crippen LogP contribution is -2.49. The largest absolute Gasteiger partial charge is 0.458 e. The van der Waals surface area contributed by atoms with Gasteiger partial charge in [-0.1, -0.05) is 44.2 Å². The maximum atomic E-state index is 13.3. The lowest BCUT2D eigenvalue weighted by molar-refractivity contribution is -0.156. The van der Waals surface area contributed by atoms with Gasteiger partial charge in [-0.05, 0) is 60.1 Å². The topological polar surface area (TPSA) is 178 Å². The minimum atomic E-state index is -1.43. The van der Waals surface area contributed by atoms with Crippen LogP contribution in [-0.4, -0.2) is 78.0 Å². The molecule has 0 saturated carbocycles. The van der Waals surface area contributed by atoms with Crippen molar-refractivity contribution in [3.8, 4) is 0 Å². The summed E-state index contributed by atoms with van der Waals surface area (Å²) >= 11 is 0. The number of benzene rings is 1. The van der Waals surface area contributed by atoms with E-state index in [0.29, 0.717) is 16.7 Å². The van der Waals surface area contributed by atoms with Crippen molar-refractivity contribution in [2.75, 3.05) is 6.61 Å². The van der Waals surface area contributed by atoms with Crippen LogP contribution in [0.4, 0.5) is 0 Å².